The van der Waals surface area contributed by atoms with Crippen LogP contribution in [0.15, 0.2) is 24.4 Å². The highest BCUT2D eigenvalue weighted by atomic mass is 16.2. The first-order valence-corrected chi connectivity index (χ1v) is 10.3. The standard InChI is InChI=1S/C20H29N7O/c1-17-22-23-24-27(17)13-5-12-25-11-4-8-20(15-25)9-7-19(28)26(16-20)14-18-6-2-3-10-21-18/h2-3,6,10H,4-5,7-9,11-16H2,1H3/t20-/m1/s1. The predicted molar refractivity (Wildman–Crippen MR) is 104 cm³/mol. The summed E-state index contributed by atoms with van der Waals surface area (Å²) in [7, 11) is 0. The van der Waals surface area contributed by atoms with Crippen molar-refractivity contribution in [1.29, 1.82) is 0 Å². The molecule has 0 radical (unpaired) electrons. The smallest absolute Gasteiger partial charge is 0.222 e. The summed E-state index contributed by atoms with van der Waals surface area (Å²) >= 11 is 0. The lowest BCUT2D eigenvalue weighted by atomic mass is 9.73. The second-order valence-corrected chi connectivity index (χ2v) is 8.25. The van der Waals surface area contributed by atoms with Gasteiger partial charge in [-0.05, 0) is 68.3 Å². The van der Waals surface area contributed by atoms with Crippen molar-refractivity contribution in [3.8, 4) is 0 Å². The fourth-order valence-electron chi connectivity index (χ4n) is 4.67. The Morgan fingerprint density at radius 3 is 2.89 bits per heavy atom. The van der Waals surface area contributed by atoms with Crippen LogP contribution in [0.25, 0.3) is 0 Å². The van der Waals surface area contributed by atoms with Gasteiger partial charge in [0.1, 0.15) is 5.82 Å². The third-order valence-electron chi connectivity index (χ3n) is 6.12. The maximum atomic E-state index is 12.5. The van der Waals surface area contributed by atoms with Crippen LogP contribution >= 0.6 is 0 Å². The summed E-state index contributed by atoms with van der Waals surface area (Å²) in [6.07, 6.45) is 6.92. The number of pyridine rings is 1. The monoisotopic (exact) mass is 383 g/mol. The Bertz CT molecular complexity index is 793. The number of carbonyl (C=O) groups is 1. The molecular weight excluding hydrogens is 354 g/mol. The number of nitrogens with zero attached hydrogens (tertiary/aromatic N) is 7. The molecule has 2 aromatic rings. The van der Waals surface area contributed by atoms with Crippen LogP contribution in [0.2, 0.25) is 0 Å². The Kier molecular flexibility index (Phi) is 5.66. The van der Waals surface area contributed by atoms with E-state index in [2.05, 4.69) is 25.4 Å². The van der Waals surface area contributed by atoms with Gasteiger partial charge in [-0.25, -0.2) is 4.68 Å². The van der Waals surface area contributed by atoms with Crippen molar-refractivity contribution in [3.05, 3.63) is 35.9 Å². The number of aryl methyl sites for hydroxylation is 2. The summed E-state index contributed by atoms with van der Waals surface area (Å²) in [4.78, 5) is 21.5. The van der Waals surface area contributed by atoms with Crippen molar-refractivity contribution in [1.82, 2.24) is 35.0 Å². The molecule has 1 amide bonds. The summed E-state index contributed by atoms with van der Waals surface area (Å²) in [6, 6.07) is 5.91. The average Bonchev–Trinajstić information content (AvgIpc) is 3.11. The van der Waals surface area contributed by atoms with Crippen molar-refractivity contribution < 1.29 is 4.79 Å². The maximum Gasteiger partial charge on any atom is 0.222 e. The molecule has 0 aromatic carbocycles. The third-order valence-corrected chi connectivity index (χ3v) is 6.12. The van der Waals surface area contributed by atoms with Gasteiger partial charge in [-0.1, -0.05) is 6.07 Å². The molecule has 0 aliphatic carbocycles. The summed E-state index contributed by atoms with van der Waals surface area (Å²) in [5.41, 5.74) is 1.20. The molecular formula is C20H29N7O. The molecule has 4 heterocycles. The molecule has 2 aliphatic heterocycles. The molecule has 1 spiro atoms. The highest BCUT2D eigenvalue weighted by Gasteiger charge is 2.41. The lowest BCUT2D eigenvalue weighted by molar-refractivity contribution is -0.140. The normalized spacial score (nSPS) is 23.5. The van der Waals surface area contributed by atoms with Gasteiger partial charge in [-0.2, -0.15) is 0 Å². The summed E-state index contributed by atoms with van der Waals surface area (Å²) < 4.78 is 1.87. The zero-order valence-electron chi connectivity index (χ0n) is 16.6. The van der Waals surface area contributed by atoms with E-state index in [1.54, 1.807) is 6.20 Å². The molecule has 1 atom stereocenters. The molecule has 8 nitrogen and oxygen atoms in total. The van der Waals surface area contributed by atoms with Gasteiger partial charge in [0.25, 0.3) is 0 Å². The van der Waals surface area contributed by atoms with E-state index in [1.807, 2.05) is 34.7 Å². The SMILES string of the molecule is Cc1nnnn1CCCN1CCC[C@@]2(CCC(=O)N(Cc3ccccn3)C2)C1. The Balaban J connectivity index is 1.34. The van der Waals surface area contributed by atoms with Gasteiger partial charge in [-0.15, -0.1) is 5.10 Å². The second-order valence-electron chi connectivity index (χ2n) is 8.25. The minimum absolute atomic E-state index is 0.228. The van der Waals surface area contributed by atoms with Gasteiger partial charge in [0.15, 0.2) is 0 Å². The first kappa shape index (κ1) is 19.0. The molecule has 2 fully saturated rings. The van der Waals surface area contributed by atoms with Crippen LogP contribution in [0.4, 0.5) is 0 Å². The van der Waals surface area contributed by atoms with E-state index in [0.717, 1.165) is 57.1 Å². The van der Waals surface area contributed by atoms with Crippen LogP contribution in [0.3, 0.4) is 0 Å². The van der Waals surface area contributed by atoms with Gasteiger partial charge in [-0.3, -0.25) is 9.78 Å². The number of hydrogen-bond donors (Lipinski definition) is 0. The van der Waals surface area contributed by atoms with Crippen molar-refractivity contribution >= 4 is 5.91 Å². The highest BCUT2D eigenvalue weighted by molar-refractivity contribution is 5.77. The average molecular weight is 384 g/mol. The Hall–Kier alpha value is -2.35. The fraction of sp³-hybridized carbons (Fsp3) is 0.650. The zero-order valence-corrected chi connectivity index (χ0v) is 16.6. The molecule has 2 aromatic heterocycles. The minimum Gasteiger partial charge on any atom is -0.336 e. The third kappa shape index (κ3) is 4.38. The van der Waals surface area contributed by atoms with Crippen LogP contribution in [-0.2, 0) is 17.9 Å². The number of tetrazole rings is 1. The lowest BCUT2D eigenvalue weighted by Gasteiger charge is -2.48. The maximum absolute atomic E-state index is 12.5. The van der Waals surface area contributed by atoms with Crippen molar-refractivity contribution in [3.63, 3.8) is 0 Å². The summed E-state index contributed by atoms with van der Waals surface area (Å²) in [5, 5.41) is 11.7. The number of aromatic nitrogens is 5. The molecule has 2 aliphatic rings. The number of amides is 1. The van der Waals surface area contributed by atoms with Gasteiger partial charge in [0.05, 0.1) is 12.2 Å². The number of rotatable bonds is 6. The van der Waals surface area contributed by atoms with Gasteiger partial charge >= 0.3 is 0 Å². The molecule has 8 heteroatoms. The van der Waals surface area contributed by atoms with E-state index in [1.165, 1.54) is 12.8 Å². The molecule has 28 heavy (non-hydrogen) atoms. The van der Waals surface area contributed by atoms with E-state index < -0.39 is 0 Å². The quantitative estimate of drug-likeness (QED) is 0.755. The first-order valence-electron chi connectivity index (χ1n) is 10.3. The van der Waals surface area contributed by atoms with Gasteiger partial charge < -0.3 is 9.80 Å². The molecule has 0 saturated carbocycles. The molecule has 150 valence electrons. The van der Waals surface area contributed by atoms with E-state index in [9.17, 15) is 4.79 Å². The molecule has 0 bridgehead atoms. The van der Waals surface area contributed by atoms with Crippen LogP contribution in [0.5, 0.6) is 0 Å². The van der Waals surface area contributed by atoms with Gasteiger partial charge in [0, 0.05) is 37.7 Å². The van der Waals surface area contributed by atoms with Crippen molar-refractivity contribution in [2.45, 2.75) is 52.1 Å². The first-order chi connectivity index (χ1) is 13.6. The Morgan fingerprint density at radius 1 is 1.18 bits per heavy atom. The van der Waals surface area contributed by atoms with Crippen LogP contribution < -0.4 is 0 Å². The van der Waals surface area contributed by atoms with Crippen molar-refractivity contribution in [2.24, 2.45) is 5.41 Å². The topological polar surface area (TPSA) is 80.0 Å². The summed E-state index contributed by atoms with van der Waals surface area (Å²) in [6.45, 7) is 7.54. The molecule has 4 rings (SSSR count). The highest BCUT2D eigenvalue weighted by Crippen LogP contribution is 2.39. The molecule has 2 saturated heterocycles. The number of likely N-dealkylation sites (tertiary alicyclic amines) is 2. The zero-order chi connectivity index (χ0) is 19.4. The van der Waals surface area contributed by atoms with Crippen LogP contribution in [0, 0.1) is 12.3 Å². The largest absolute Gasteiger partial charge is 0.336 e. The van der Waals surface area contributed by atoms with Crippen LogP contribution in [-0.4, -0.2) is 67.1 Å². The van der Waals surface area contributed by atoms with E-state index >= 15 is 0 Å². The predicted octanol–water partition coefficient (Wildman–Crippen LogP) is 1.67. The summed E-state index contributed by atoms with van der Waals surface area (Å²) in [5.74, 6) is 1.13. The second kappa shape index (κ2) is 8.34. The van der Waals surface area contributed by atoms with E-state index in [-0.39, 0.29) is 11.3 Å². The number of piperidine rings is 2. The fourth-order valence-corrected chi connectivity index (χ4v) is 4.67. The van der Waals surface area contributed by atoms with E-state index in [4.69, 9.17) is 0 Å². The van der Waals surface area contributed by atoms with Crippen LogP contribution in [0.1, 0.15) is 43.6 Å². The van der Waals surface area contributed by atoms with Crippen molar-refractivity contribution in [2.75, 3.05) is 26.2 Å². The Labute approximate surface area is 165 Å². The van der Waals surface area contributed by atoms with E-state index in [0.29, 0.717) is 13.0 Å². The van der Waals surface area contributed by atoms with Gasteiger partial charge in [0.2, 0.25) is 5.91 Å². The number of hydrogen-bond acceptors (Lipinski definition) is 6. The lowest BCUT2D eigenvalue weighted by Crippen LogP contribution is -2.53. The Morgan fingerprint density at radius 2 is 2.11 bits per heavy atom. The number of carbonyl (C=O) groups excluding carboxylic acids is 1. The molecule has 0 unspecified atom stereocenters. The molecule has 0 N–H and O–H groups in total. The minimum atomic E-state index is 0.228.